The van der Waals surface area contributed by atoms with Gasteiger partial charge in [-0.05, 0) is 163 Å². The van der Waals surface area contributed by atoms with Crippen molar-refractivity contribution in [1.82, 2.24) is 0 Å². The van der Waals surface area contributed by atoms with Crippen LogP contribution in [0.4, 0.5) is 61.5 Å². The van der Waals surface area contributed by atoms with Crippen LogP contribution in [0.5, 0.6) is 17.2 Å². The van der Waals surface area contributed by atoms with Crippen molar-refractivity contribution in [3.63, 3.8) is 0 Å². The highest BCUT2D eigenvalue weighted by Crippen LogP contribution is 2.54. The van der Waals surface area contributed by atoms with E-state index in [0.717, 1.165) is 52.8 Å². The predicted octanol–water partition coefficient (Wildman–Crippen LogP) is 17.1. The van der Waals surface area contributed by atoms with E-state index < -0.39 is 122 Å². The standard InChI is InChI=1S/C22H23F5O5.C20H23F3O4.C18H26O5.C15H18F6O2/c1-4-13(2)14-5-6-16-10-17(8-7-15(16)9-14)30-11-18(28)32-19(3)12-31-21(29,20(19,23)24)22(25,26)27;1-4-13(2)14-5-6-16-10-17(8-7-15(16)9-14)26-11-18(24)27-12-19(3,25)20(21,22)23;1-5-13(2)14-6-8-15(9-7-14)21-10-16(19)23-17(3)11-18(4,20)22-12-17;1-3-10(2)12-6-4-11(5-7-12)8-23-9-13(22,14(16,17)18)15(19,20)21/h5-10,13,29H,4,11-12H2,1-3H3;5-10,13,25H,4,11-12H2,1-3H3;6-9,13,20H,5,10-12H2,1-4H3;4-7,10,22H,3,8-9H2,1-2H3. The average molecular weight is 1510 g/mol. The van der Waals surface area contributed by atoms with Gasteiger partial charge in [0, 0.05) is 6.42 Å². The lowest BCUT2D eigenvalue weighted by Gasteiger charge is -2.35. The van der Waals surface area contributed by atoms with Crippen LogP contribution in [0.3, 0.4) is 0 Å². The third-order valence-electron chi connectivity index (χ3n) is 18.1. The minimum Gasteiger partial charge on any atom is -0.482 e. The second kappa shape index (κ2) is 35.4. The Hall–Kier alpha value is -7.61. The van der Waals surface area contributed by atoms with Gasteiger partial charge < -0.3 is 63.1 Å². The molecule has 0 bridgehead atoms. The summed E-state index contributed by atoms with van der Waals surface area (Å²) in [7, 11) is 0. The minimum absolute atomic E-state index is 0.166. The molecule has 0 saturated carbocycles. The van der Waals surface area contributed by atoms with Gasteiger partial charge in [-0.15, -0.1) is 0 Å². The van der Waals surface area contributed by atoms with E-state index in [9.17, 15) is 91.2 Å². The molecule has 2 saturated heterocycles. The van der Waals surface area contributed by atoms with E-state index in [-0.39, 0.29) is 25.4 Å². The lowest BCUT2D eigenvalue weighted by molar-refractivity contribution is -0.409. The largest absolute Gasteiger partial charge is 0.482 e. The molecule has 8 rings (SSSR count). The van der Waals surface area contributed by atoms with E-state index in [1.165, 1.54) is 16.7 Å². The van der Waals surface area contributed by atoms with Gasteiger partial charge in [0.1, 0.15) is 29.5 Å². The number of esters is 3. The van der Waals surface area contributed by atoms with E-state index >= 15 is 0 Å². The maximum atomic E-state index is 14.3. The molecular formula is C75H90F14O16. The number of halogens is 14. The first kappa shape index (κ1) is 88.0. The van der Waals surface area contributed by atoms with Crippen molar-refractivity contribution in [2.24, 2.45) is 0 Å². The Balaban J connectivity index is 0.000000254. The SMILES string of the molecule is CCC(C)c1ccc(COCC(O)(C(F)(F)F)C(F)(F)F)cc1.CCC(C)c1ccc(OCC(=O)OC2(C)COC(C)(O)C2)cc1.CCC(C)c1ccc2cc(OCC(=O)OC3(C)COC(O)(C(F)(F)F)C3(F)F)ccc2c1.CCC(C)c1ccc2cc(OCC(=O)OCC(C)(O)C(F)(F)F)ccc2c1. The Morgan fingerprint density at radius 3 is 1.27 bits per heavy atom. The second-order valence-corrected chi connectivity index (χ2v) is 27.0. The van der Waals surface area contributed by atoms with Crippen LogP contribution in [0.15, 0.2) is 121 Å². The maximum absolute atomic E-state index is 14.3. The Kier molecular flexibility index (Phi) is 29.7. The van der Waals surface area contributed by atoms with Crippen LogP contribution < -0.4 is 14.2 Å². The van der Waals surface area contributed by atoms with Crippen molar-refractivity contribution in [1.29, 1.82) is 0 Å². The molecule has 0 radical (unpaired) electrons. The van der Waals surface area contributed by atoms with Crippen molar-refractivity contribution in [2.75, 3.05) is 46.2 Å². The fraction of sp³-hybridized carbons (Fsp3) is 0.533. The first-order valence-electron chi connectivity index (χ1n) is 33.6. The average Bonchev–Trinajstić information content (AvgIpc) is 1.55. The van der Waals surface area contributed by atoms with Crippen molar-refractivity contribution < 1.29 is 139 Å². The number of alkyl halides is 14. The van der Waals surface area contributed by atoms with Crippen LogP contribution in [0.1, 0.15) is 167 Å². The van der Waals surface area contributed by atoms with Crippen LogP contribution in [0.25, 0.3) is 21.5 Å². The minimum atomic E-state index is -5.87. The third kappa shape index (κ3) is 23.2. The Labute approximate surface area is 599 Å². The van der Waals surface area contributed by atoms with Crippen LogP contribution >= 0.6 is 0 Å². The number of carbonyl (C=O) groups is 3. The monoisotopic (exact) mass is 1510 g/mol. The van der Waals surface area contributed by atoms with Gasteiger partial charge >= 0.3 is 54.3 Å². The summed E-state index contributed by atoms with van der Waals surface area (Å²) in [5, 5.41) is 41.1. The van der Waals surface area contributed by atoms with Gasteiger partial charge in [-0.1, -0.05) is 140 Å². The van der Waals surface area contributed by atoms with E-state index in [1.54, 1.807) is 68.4 Å². The molecule has 0 aliphatic carbocycles. The van der Waals surface area contributed by atoms with Gasteiger partial charge in [-0.25, -0.2) is 14.4 Å². The van der Waals surface area contributed by atoms with E-state index in [2.05, 4.69) is 66.6 Å². The van der Waals surface area contributed by atoms with Crippen LogP contribution in [-0.4, -0.2) is 149 Å². The van der Waals surface area contributed by atoms with Crippen molar-refractivity contribution in [3.05, 3.63) is 149 Å². The van der Waals surface area contributed by atoms with Gasteiger partial charge in [-0.2, -0.15) is 61.5 Å². The fourth-order valence-electron chi connectivity index (χ4n) is 10.4. The maximum Gasteiger partial charge on any atom is 0.449 e. The molecule has 2 heterocycles. The molecule has 9 unspecified atom stereocenters. The number of fused-ring (bicyclic) bond motifs is 2. The number of benzene rings is 6. The quantitative estimate of drug-likeness (QED) is 0.0238. The van der Waals surface area contributed by atoms with E-state index in [4.69, 9.17) is 28.8 Å². The third-order valence-corrected chi connectivity index (χ3v) is 18.1. The summed E-state index contributed by atoms with van der Waals surface area (Å²) in [6, 6.07) is 36.6. The van der Waals surface area contributed by atoms with E-state index in [1.807, 2.05) is 74.5 Å². The summed E-state index contributed by atoms with van der Waals surface area (Å²) in [4.78, 5) is 35.5. The molecule has 6 aromatic rings. The summed E-state index contributed by atoms with van der Waals surface area (Å²) >= 11 is 0. The first-order chi connectivity index (χ1) is 48.4. The summed E-state index contributed by atoms with van der Waals surface area (Å²) in [5.74, 6) is -10.8. The Morgan fingerprint density at radius 1 is 0.486 bits per heavy atom. The van der Waals surface area contributed by atoms with Crippen molar-refractivity contribution >= 4 is 39.5 Å². The van der Waals surface area contributed by atoms with Crippen LogP contribution in [0, 0.1) is 0 Å². The molecule has 6 aromatic carbocycles. The number of rotatable bonds is 25. The lowest BCUT2D eigenvalue weighted by atomic mass is 9.94. The zero-order valence-corrected chi connectivity index (χ0v) is 60.0. The molecule has 2 aliphatic rings. The van der Waals surface area contributed by atoms with Gasteiger partial charge in [0.05, 0.1) is 26.4 Å². The summed E-state index contributed by atoms with van der Waals surface area (Å²) in [5.41, 5.74) is -6.74. The molecule has 30 heteroatoms. The molecule has 4 N–H and O–H groups in total. The molecule has 9 atom stereocenters. The number of hydrogen-bond acceptors (Lipinski definition) is 16. The zero-order chi connectivity index (χ0) is 79.2. The summed E-state index contributed by atoms with van der Waals surface area (Å²) in [6.45, 7) is 14.9. The number of carbonyl (C=O) groups excluding carboxylic acids is 3. The van der Waals surface area contributed by atoms with Gasteiger partial charge in [-0.3, -0.25) is 0 Å². The number of aliphatic hydroxyl groups is 4. The first-order valence-corrected chi connectivity index (χ1v) is 33.6. The summed E-state index contributed by atoms with van der Waals surface area (Å²) in [6.07, 6.45) is -18.2. The Bertz CT molecular complexity index is 3790. The normalized spacial score (nSPS) is 21.4. The lowest BCUT2D eigenvalue weighted by Crippen LogP contribution is -2.63. The molecule has 584 valence electrons. The highest BCUT2D eigenvalue weighted by Gasteiger charge is 2.83. The van der Waals surface area contributed by atoms with Gasteiger partial charge in [0.2, 0.25) is 5.60 Å². The molecule has 0 spiro atoms. The number of ether oxygens (including phenoxy) is 9. The smallest absolute Gasteiger partial charge is 0.449 e. The van der Waals surface area contributed by atoms with Crippen LogP contribution in [-0.2, 0) is 49.4 Å². The molecule has 2 fully saturated rings. The zero-order valence-electron chi connectivity index (χ0n) is 60.0. The van der Waals surface area contributed by atoms with Gasteiger partial charge in [0.15, 0.2) is 31.2 Å². The molecule has 16 nitrogen and oxygen atoms in total. The van der Waals surface area contributed by atoms with Crippen LogP contribution in [0.2, 0.25) is 0 Å². The molecule has 0 aromatic heterocycles. The molecule has 2 aliphatic heterocycles. The summed E-state index contributed by atoms with van der Waals surface area (Å²) < 4.78 is 224. The number of hydrogen-bond donors (Lipinski definition) is 4. The molecule has 105 heavy (non-hydrogen) atoms. The topological polar surface area (TPSA) is 215 Å². The molecular weight excluding hydrogens is 1420 g/mol. The van der Waals surface area contributed by atoms with Crippen molar-refractivity contribution in [2.45, 2.75) is 210 Å². The Morgan fingerprint density at radius 2 is 0.867 bits per heavy atom. The van der Waals surface area contributed by atoms with Crippen molar-refractivity contribution in [3.8, 4) is 17.2 Å². The predicted molar refractivity (Wildman–Crippen MR) is 359 cm³/mol. The van der Waals surface area contributed by atoms with Gasteiger partial charge in [0.25, 0.3) is 5.60 Å². The van der Waals surface area contributed by atoms with E-state index in [0.29, 0.717) is 54.6 Å². The molecule has 0 amide bonds. The highest BCUT2D eigenvalue weighted by molar-refractivity contribution is 5.86. The second-order valence-electron chi connectivity index (χ2n) is 27.0. The fourth-order valence-corrected chi connectivity index (χ4v) is 10.4. The highest BCUT2D eigenvalue weighted by atomic mass is 19.4.